The lowest BCUT2D eigenvalue weighted by Gasteiger charge is -2.31. The summed E-state index contributed by atoms with van der Waals surface area (Å²) in [7, 11) is -3.44. The second-order valence-electron chi connectivity index (χ2n) is 4.65. The first-order valence-electron chi connectivity index (χ1n) is 6.57. The highest BCUT2D eigenvalue weighted by Crippen LogP contribution is 2.22. The summed E-state index contributed by atoms with van der Waals surface area (Å²) < 4.78 is 32.0. The lowest BCUT2D eigenvalue weighted by atomic mass is 10.1. The molecule has 19 heavy (non-hydrogen) atoms. The van der Waals surface area contributed by atoms with Crippen molar-refractivity contribution in [2.24, 2.45) is 5.73 Å². The first-order chi connectivity index (χ1) is 9.07. The highest BCUT2D eigenvalue weighted by molar-refractivity contribution is 7.89. The van der Waals surface area contributed by atoms with Crippen LogP contribution in [0.25, 0.3) is 0 Å². The van der Waals surface area contributed by atoms with Crippen LogP contribution in [0.3, 0.4) is 0 Å². The van der Waals surface area contributed by atoms with Gasteiger partial charge in [0, 0.05) is 38.1 Å². The molecule has 0 spiro atoms. The first-order valence-corrected chi connectivity index (χ1v) is 8.01. The standard InChI is InChI=1S/C12H21N3O3S/c1-2-18-11-4-3-5-15(9-11)19(16,17)12-6-10(7-13)14-8-12/h6,8,11,14H,2-5,7,9,13H2,1H3. The van der Waals surface area contributed by atoms with E-state index in [4.69, 9.17) is 10.5 Å². The third-order valence-electron chi connectivity index (χ3n) is 3.32. The molecule has 1 aliphatic heterocycles. The SMILES string of the molecule is CCOC1CCCN(S(=O)(=O)c2c[nH]c(CN)c2)C1. The molecule has 7 heteroatoms. The van der Waals surface area contributed by atoms with Crippen LogP contribution in [0.4, 0.5) is 0 Å². The van der Waals surface area contributed by atoms with Gasteiger partial charge in [0.1, 0.15) is 0 Å². The Kier molecular flexibility index (Phi) is 4.62. The molecule has 1 aromatic rings. The molecule has 1 aromatic heterocycles. The number of H-pyrrole nitrogens is 1. The second-order valence-corrected chi connectivity index (χ2v) is 6.59. The summed E-state index contributed by atoms with van der Waals surface area (Å²) in [5.41, 5.74) is 6.21. The number of nitrogens with two attached hydrogens (primary N) is 1. The zero-order valence-electron chi connectivity index (χ0n) is 11.1. The maximum Gasteiger partial charge on any atom is 0.244 e. The Morgan fingerprint density at radius 3 is 3.00 bits per heavy atom. The second kappa shape index (κ2) is 6.04. The molecule has 2 heterocycles. The fourth-order valence-electron chi connectivity index (χ4n) is 2.33. The predicted octanol–water partition coefficient (Wildman–Crippen LogP) is 0.663. The zero-order valence-corrected chi connectivity index (χ0v) is 11.9. The summed E-state index contributed by atoms with van der Waals surface area (Å²) in [4.78, 5) is 3.16. The molecule has 0 amide bonds. The Balaban J connectivity index is 2.14. The van der Waals surface area contributed by atoms with Crippen molar-refractivity contribution >= 4 is 10.0 Å². The predicted molar refractivity (Wildman–Crippen MR) is 72.1 cm³/mol. The maximum atomic E-state index is 12.5. The molecule has 1 aliphatic rings. The first kappa shape index (κ1) is 14.5. The molecular formula is C12H21N3O3S. The zero-order chi connectivity index (χ0) is 13.9. The average Bonchev–Trinajstić information content (AvgIpc) is 2.89. The fourth-order valence-corrected chi connectivity index (χ4v) is 3.86. The third-order valence-corrected chi connectivity index (χ3v) is 5.16. The molecule has 1 saturated heterocycles. The van der Waals surface area contributed by atoms with Crippen molar-refractivity contribution in [3.8, 4) is 0 Å². The van der Waals surface area contributed by atoms with Gasteiger partial charge < -0.3 is 15.5 Å². The minimum atomic E-state index is -3.44. The number of aromatic amines is 1. The van der Waals surface area contributed by atoms with Crippen LogP contribution in [-0.4, -0.2) is 43.5 Å². The molecule has 2 rings (SSSR count). The maximum absolute atomic E-state index is 12.5. The molecule has 0 aliphatic carbocycles. The molecule has 0 aromatic carbocycles. The average molecular weight is 287 g/mol. The summed E-state index contributed by atoms with van der Waals surface area (Å²) >= 11 is 0. The molecule has 0 bridgehead atoms. The highest BCUT2D eigenvalue weighted by Gasteiger charge is 2.31. The minimum Gasteiger partial charge on any atom is -0.377 e. The molecule has 0 saturated carbocycles. The lowest BCUT2D eigenvalue weighted by Crippen LogP contribution is -2.43. The van der Waals surface area contributed by atoms with E-state index in [9.17, 15) is 8.42 Å². The Morgan fingerprint density at radius 2 is 2.37 bits per heavy atom. The highest BCUT2D eigenvalue weighted by atomic mass is 32.2. The molecule has 6 nitrogen and oxygen atoms in total. The molecule has 3 N–H and O–H groups in total. The lowest BCUT2D eigenvalue weighted by molar-refractivity contribution is 0.0265. The number of sulfonamides is 1. The van der Waals surface area contributed by atoms with Crippen molar-refractivity contribution in [1.29, 1.82) is 0 Å². The van der Waals surface area contributed by atoms with Crippen molar-refractivity contribution in [3.63, 3.8) is 0 Å². The van der Waals surface area contributed by atoms with Gasteiger partial charge in [-0.2, -0.15) is 4.31 Å². The van der Waals surface area contributed by atoms with Crippen molar-refractivity contribution in [1.82, 2.24) is 9.29 Å². The van der Waals surface area contributed by atoms with Gasteiger partial charge in [-0.05, 0) is 25.8 Å². The smallest absolute Gasteiger partial charge is 0.244 e. The van der Waals surface area contributed by atoms with E-state index in [-0.39, 0.29) is 11.0 Å². The Labute approximate surface area is 114 Å². The van der Waals surface area contributed by atoms with E-state index < -0.39 is 10.0 Å². The summed E-state index contributed by atoms with van der Waals surface area (Å²) in [6, 6.07) is 1.60. The number of piperidine rings is 1. The summed E-state index contributed by atoms with van der Waals surface area (Å²) in [5, 5.41) is 0. The molecule has 1 unspecified atom stereocenters. The van der Waals surface area contributed by atoms with Crippen LogP contribution in [0, 0.1) is 0 Å². The van der Waals surface area contributed by atoms with Gasteiger partial charge in [0.05, 0.1) is 11.0 Å². The monoisotopic (exact) mass is 287 g/mol. The van der Waals surface area contributed by atoms with Gasteiger partial charge in [-0.1, -0.05) is 0 Å². The number of nitrogens with one attached hydrogen (secondary N) is 1. The van der Waals surface area contributed by atoms with Gasteiger partial charge in [0.15, 0.2) is 0 Å². The van der Waals surface area contributed by atoms with Crippen molar-refractivity contribution in [2.45, 2.75) is 37.3 Å². The summed E-state index contributed by atoms with van der Waals surface area (Å²) in [6.45, 7) is 3.82. The van der Waals surface area contributed by atoms with Crippen molar-refractivity contribution < 1.29 is 13.2 Å². The Hall–Kier alpha value is -0.890. The Morgan fingerprint density at radius 1 is 1.58 bits per heavy atom. The molecular weight excluding hydrogens is 266 g/mol. The van der Waals surface area contributed by atoms with Gasteiger partial charge in [-0.25, -0.2) is 8.42 Å². The van der Waals surface area contributed by atoms with E-state index in [1.165, 1.54) is 10.5 Å². The van der Waals surface area contributed by atoms with Crippen molar-refractivity contribution in [3.05, 3.63) is 18.0 Å². The van der Waals surface area contributed by atoms with Crippen LogP contribution >= 0.6 is 0 Å². The van der Waals surface area contributed by atoms with Crippen LogP contribution < -0.4 is 5.73 Å². The van der Waals surface area contributed by atoms with Gasteiger partial charge >= 0.3 is 0 Å². The number of nitrogens with zero attached hydrogens (tertiary/aromatic N) is 1. The van der Waals surface area contributed by atoms with Crippen LogP contribution in [0.5, 0.6) is 0 Å². The Bertz CT molecular complexity index is 510. The number of rotatable bonds is 5. The quantitative estimate of drug-likeness (QED) is 0.833. The summed E-state index contributed by atoms with van der Waals surface area (Å²) in [6.07, 6.45) is 3.25. The van der Waals surface area contributed by atoms with E-state index in [0.29, 0.717) is 26.2 Å². The largest absolute Gasteiger partial charge is 0.377 e. The van der Waals surface area contributed by atoms with Crippen LogP contribution in [0.1, 0.15) is 25.5 Å². The van der Waals surface area contributed by atoms with E-state index in [0.717, 1.165) is 18.5 Å². The van der Waals surface area contributed by atoms with Crippen LogP contribution in [-0.2, 0) is 21.3 Å². The van der Waals surface area contributed by atoms with E-state index in [1.807, 2.05) is 6.92 Å². The number of hydrogen-bond acceptors (Lipinski definition) is 4. The molecule has 0 radical (unpaired) electrons. The van der Waals surface area contributed by atoms with Gasteiger partial charge in [-0.3, -0.25) is 0 Å². The molecule has 1 fully saturated rings. The molecule has 108 valence electrons. The molecule has 1 atom stereocenters. The van der Waals surface area contributed by atoms with Gasteiger partial charge in [-0.15, -0.1) is 0 Å². The fraction of sp³-hybridized carbons (Fsp3) is 0.667. The third kappa shape index (κ3) is 3.17. The van der Waals surface area contributed by atoms with E-state index >= 15 is 0 Å². The van der Waals surface area contributed by atoms with Crippen LogP contribution in [0.2, 0.25) is 0 Å². The number of hydrogen-bond donors (Lipinski definition) is 2. The number of ether oxygens (including phenoxy) is 1. The van der Waals surface area contributed by atoms with Gasteiger partial charge in [0.2, 0.25) is 10.0 Å². The number of aromatic nitrogens is 1. The topological polar surface area (TPSA) is 88.4 Å². The summed E-state index contributed by atoms with van der Waals surface area (Å²) in [5.74, 6) is 0. The van der Waals surface area contributed by atoms with E-state index in [1.54, 1.807) is 6.07 Å². The van der Waals surface area contributed by atoms with Crippen LogP contribution in [0.15, 0.2) is 17.2 Å². The van der Waals surface area contributed by atoms with Gasteiger partial charge in [0.25, 0.3) is 0 Å². The normalized spacial score (nSPS) is 21.7. The minimum absolute atomic E-state index is 0.00134. The van der Waals surface area contributed by atoms with E-state index in [2.05, 4.69) is 4.98 Å². The van der Waals surface area contributed by atoms with Crippen molar-refractivity contribution in [2.75, 3.05) is 19.7 Å².